The van der Waals surface area contributed by atoms with E-state index in [0.29, 0.717) is 30.1 Å². The Morgan fingerprint density at radius 2 is 1.76 bits per heavy atom. The molecule has 0 aromatic heterocycles. The first-order chi connectivity index (χ1) is 17.7. The second-order valence-electron chi connectivity index (χ2n) is 13.5. The molecule has 0 heterocycles. The van der Waals surface area contributed by atoms with Crippen LogP contribution in [0.15, 0.2) is 0 Å². The number of carbonyl (C=O) groups excluding carboxylic acids is 2. The number of fused-ring (bicyclic) bond motifs is 5. The first kappa shape index (κ1) is 29.7. The highest BCUT2D eigenvalue weighted by atomic mass is 32.2. The van der Waals surface area contributed by atoms with E-state index in [2.05, 4.69) is 20.8 Å². The average molecular weight is 557 g/mol. The molecular weight excluding hydrogens is 508 g/mol. The molecule has 4 fully saturated rings. The predicted octanol–water partition coefficient (Wildman–Crippen LogP) is 2.60. The Morgan fingerprint density at radius 3 is 2.42 bits per heavy atom. The van der Waals surface area contributed by atoms with Gasteiger partial charge in [-0.05, 0) is 104 Å². The summed E-state index contributed by atoms with van der Waals surface area (Å²) in [5.74, 6) is 0.787. The fraction of sp³-hybridized carbons (Fsp3) is 0.929. The molecule has 4 aliphatic carbocycles. The lowest BCUT2D eigenvalue weighted by molar-refractivity contribution is -0.175. The Balaban J connectivity index is 1.42. The van der Waals surface area contributed by atoms with Gasteiger partial charge in [0.25, 0.3) is 10.1 Å². The number of hydrogen-bond acceptors (Lipinski definition) is 6. The number of carbonyl (C=O) groups is 2. The molecule has 5 N–H and O–H groups in total. The van der Waals surface area contributed by atoms with Crippen molar-refractivity contribution < 1.29 is 32.8 Å². The van der Waals surface area contributed by atoms with Gasteiger partial charge in [0, 0.05) is 13.0 Å². The van der Waals surface area contributed by atoms with Gasteiger partial charge in [-0.3, -0.25) is 14.1 Å². The predicted molar refractivity (Wildman–Crippen MR) is 143 cm³/mol. The smallest absolute Gasteiger partial charge is 0.266 e. The van der Waals surface area contributed by atoms with E-state index in [1.165, 1.54) is 6.42 Å². The van der Waals surface area contributed by atoms with E-state index in [-0.39, 0.29) is 54.2 Å². The van der Waals surface area contributed by atoms with Gasteiger partial charge in [-0.2, -0.15) is 8.42 Å². The summed E-state index contributed by atoms with van der Waals surface area (Å²) in [6.07, 6.45) is 8.17. The first-order valence-corrected chi connectivity index (χ1v) is 16.1. The standard InChI is InChI=1S/C28H48N2O7S/c1-17(4-9-26(34)30(16-25(29)33)12-13-38(35,36)37)21-7-8-22-20-6-5-18-14-19(31)10-11-27(18,2)23(20)15-24(32)28(21,22)3/h17-24,31-32H,4-16H2,1-3H3,(H2,29,33)(H,35,36,37). The third-order valence-electron chi connectivity index (χ3n) is 11.6. The lowest BCUT2D eigenvalue weighted by atomic mass is 9.43. The first-order valence-electron chi connectivity index (χ1n) is 14.5. The molecule has 0 aromatic rings. The monoisotopic (exact) mass is 556 g/mol. The minimum atomic E-state index is -4.27. The summed E-state index contributed by atoms with van der Waals surface area (Å²) in [5.41, 5.74) is 5.24. The molecule has 4 aliphatic rings. The van der Waals surface area contributed by atoms with Gasteiger partial charge in [0.1, 0.15) is 0 Å². The molecule has 4 saturated carbocycles. The van der Waals surface area contributed by atoms with E-state index < -0.39 is 27.9 Å². The van der Waals surface area contributed by atoms with Crippen LogP contribution >= 0.6 is 0 Å². The highest BCUT2D eigenvalue weighted by molar-refractivity contribution is 7.85. The van der Waals surface area contributed by atoms with Crippen molar-refractivity contribution in [2.75, 3.05) is 18.8 Å². The van der Waals surface area contributed by atoms with Crippen molar-refractivity contribution in [3.8, 4) is 0 Å². The lowest BCUT2D eigenvalue weighted by Gasteiger charge is -2.62. The van der Waals surface area contributed by atoms with Crippen LogP contribution in [0.3, 0.4) is 0 Å². The number of nitrogens with zero attached hydrogens (tertiary/aromatic N) is 1. The Morgan fingerprint density at radius 1 is 1.05 bits per heavy atom. The van der Waals surface area contributed by atoms with Gasteiger partial charge in [-0.1, -0.05) is 20.8 Å². The minimum absolute atomic E-state index is 0.154. The third kappa shape index (κ3) is 5.65. The van der Waals surface area contributed by atoms with Crippen molar-refractivity contribution in [1.82, 2.24) is 4.90 Å². The number of primary amides is 1. The zero-order chi connectivity index (χ0) is 28.0. The van der Waals surface area contributed by atoms with Crippen LogP contribution in [-0.2, 0) is 19.7 Å². The molecule has 0 aliphatic heterocycles. The van der Waals surface area contributed by atoms with Crippen LogP contribution < -0.4 is 5.73 Å². The van der Waals surface area contributed by atoms with Crippen LogP contribution in [-0.4, -0.2) is 70.9 Å². The molecule has 0 saturated heterocycles. The molecule has 10 heteroatoms. The van der Waals surface area contributed by atoms with E-state index in [4.69, 9.17) is 10.3 Å². The minimum Gasteiger partial charge on any atom is -0.393 e. The second kappa shape index (κ2) is 11.0. The van der Waals surface area contributed by atoms with Crippen molar-refractivity contribution >= 4 is 21.9 Å². The molecule has 0 aromatic carbocycles. The lowest BCUT2D eigenvalue weighted by Crippen LogP contribution is -2.58. The molecule has 218 valence electrons. The van der Waals surface area contributed by atoms with Gasteiger partial charge in [-0.15, -0.1) is 0 Å². The van der Waals surface area contributed by atoms with Crippen LogP contribution in [0.1, 0.15) is 85.0 Å². The van der Waals surface area contributed by atoms with Crippen LogP contribution in [0.5, 0.6) is 0 Å². The van der Waals surface area contributed by atoms with Gasteiger partial charge in [0.05, 0.1) is 24.5 Å². The number of amides is 2. The van der Waals surface area contributed by atoms with Gasteiger partial charge < -0.3 is 20.8 Å². The number of nitrogens with two attached hydrogens (primary N) is 1. The molecule has 4 rings (SSSR count). The Labute approximate surface area is 227 Å². The summed E-state index contributed by atoms with van der Waals surface area (Å²) in [6.45, 7) is 6.15. The maximum absolute atomic E-state index is 12.9. The maximum atomic E-state index is 12.9. The van der Waals surface area contributed by atoms with Gasteiger partial charge >= 0.3 is 0 Å². The summed E-state index contributed by atoms with van der Waals surface area (Å²) in [5, 5.41) is 22.0. The van der Waals surface area contributed by atoms with Crippen LogP contribution in [0.4, 0.5) is 0 Å². The SMILES string of the molecule is CC(CCC(=O)N(CCS(=O)(=O)O)CC(N)=O)C1CCC2C3CCC4CC(O)CCC4(C)C3CC(O)C12C. The topological polar surface area (TPSA) is 158 Å². The number of aliphatic hydroxyl groups excluding tert-OH is 2. The molecule has 38 heavy (non-hydrogen) atoms. The van der Waals surface area contributed by atoms with Crippen molar-refractivity contribution in [1.29, 1.82) is 0 Å². The highest BCUT2D eigenvalue weighted by Gasteiger charge is 2.63. The fourth-order valence-corrected chi connectivity index (χ4v) is 10.0. The molecule has 0 spiro atoms. The van der Waals surface area contributed by atoms with Crippen molar-refractivity contribution in [3.63, 3.8) is 0 Å². The Hall–Kier alpha value is -1.23. The van der Waals surface area contributed by atoms with Gasteiger partial charge in [-0.25, -0.2) is 0 Å². The summed E-state index contributed by atoms with van der Waals surface area (Å²) >= 11 is 0. The Kier molecular flexibility index (Phi) is 8.59. The van der Waals surface area contributed by atoms with E-state index in [9.17, 15) is 28.2 Å². The largest absolute Gasteiger partial charge is 0.393 e. The molecule has 2 amide bonds. The third-order valence-corrected chi connectivity index (χ3v) is 12.3. The highest BCUT2D eigenvalue weighted by Crippen LogP contribution is 2.68. The summed E-state index contributed by atoms with van der Waals surface area (Å²) in [7, 11) is -4.27. The zero-order valence-electron chi connectivity index (χ0n) is 23.2. The summed E-state index contributed by atoms with van der Waals surface area (Å²) < 4.78 is 31.4. The van der Waals surface area contributed by atoms with E-state index in [1.54, 1.807) is 0 Å². The number of rotatable bonds is 9. The normalized spacial score (nSPS) is 41.5. The zero-order valence-corrected chi connectivity index (χ0v) is 24.0. The van der Waals surface area contributed by atoms with Crippen LogP contribution in [0.25, 0.3) is 0 Å². The molecule has 10 unspecified atom stereocenters. The molecule has 0 bridgehead atoms. The maximum Gasteiger partial charge on any atom is 0.266 e. The van der Waals surface area contributed by atoms with Crippen LogP contribution in [0, 0.1) is 46.3 Å². The number of hydrogen-bond donors (Lipinski definition) is 4. The number of aliphatic hydroxyl groups is 2. The van der Waals surface area contributed by atoms with Crippen molar-refractivity contribution in [2.24, 2.45) is 52.1 Å². The van der Waals surface area contributed by atoms with E-state index in [0.717, 1.165) is 49.8 Å². The van der Waals surface area contributed by atoms with Crippen molar-refractivity contribution in [3.05, 3.63) is 0 Å². The second-order valence-corrected chi connectivity index (χ2v) is 15.0. The Bertz CT molecular complexity index is 1010. The summed E-state index contributed by atoms with van der Waals surface area (Å²) in [6, 6.07) is 0. The van der Waals surface area contributed by atoms with Crippen molar-refractivity contribution in [2.45, 2.75) is 97.2 Å². The molecule has 0 radical (unpaired) electrons. The molecule has 9 nitrogen and oxygen atoms in total. The van der Waals surface area contributed by atoms with Gasteiger partial charge in [0.2, 0.25) is 11.8 Å². The van der Waals surface area contributed by atoms with Crippen LogP contribution in [0.2, 0.25) is 0 Å². The molecular formula is C28H48N2O7S. The quantitative estimate of drug-likeness (QED) is 0.318. The molecule has 10 atom stereocenters. The van der Waals surface area contributed by atoms with Gasteiger partial charge in [0.15, 0.2) is 0 Å². The fourth-order valence-electron chi connectivity index (χ4n) is 9.58. The average Bonchev–Trinajstić information content (AvgIpc) is 3.19. The van der Waals surface area contributed by atoms with E-state index >= 15 is 0 Å². The summed E-state index contributed by atoms with van der Waals surface area (Å²) in [4.78, 5) is 25.4. The van der Waals surface area contributed by atoms with E-state index in [1.807, 2.05) is 0 Å².